The molecule has 0 saturated carbocycles. The first-order valence-corrected chi connectivity index (χ1v) is 7.73. The van der Waals surface area contributed by atoms with Crippen molar-refractivity contribution in [3.05, 3.63) is 0 Å². The zero-order valence-corrected chi connectivity index (χ0v) is 13.1. The van der Waals surface area contributed by atoms with Crippen LogP contribution in [0.5, 0.6) is 0 Å². The molecular formula is C14H28N2O6. The second kappa shape index (κ2) is 6.29. The molecule has 8 atom stereocenters. The van der Waals surface area contributed by atoms with Crippen LogP contribution < -0.4 is 11.5 Å². The molecule has 2 fully saturated rings. The number of hydrogen-bond acceptors (Lipinski definition) is 8. The summed E-state index contributed by atoms with van der Waals surface area (Å²) >= 11 is 0. The van der Waals surface area contributed by atoms with Crippen molar-refractivity contribution in [3.8, 4) is 0 Å². The van der Waals surface area contributed by atoms with Crippen LogP contribution in [-0.4, -0.2) is 68.5 Å². The van der Waals surface area contributed by atoms with Gasteiger partial charge in [0.25, 0.3) is 0 Å². The van der Waals surface area contributed by atoms with Gasteiger partial charge in [-0.25, -0.2) is 0 Å². The Morgan fingerprint density at radius 1 is 0.864 bits per heavy atom. The standard InChI is InChI=1S/C14H28N2O6/c1-7-11(17)9(15)5-13(19,21-7)3-4-14(20)6-10(16)12(18)8(2)22-14/h7-12,17-20H,3-6,15-16H2,1-2H3/t7-,8-,9+,10+,11-,12-,13?,14?/m0/s1. The third-order valence-corrected chi connectivity index (χ3v) is 4.67. The molecule has 0 spiro atoms. The van der Waals surface area contributed by atoms with Crippen LogP contribution >= 0.6 is 0 Å². The van der Waals surface area contributed by atoms with Gasteiger partial charge in [0.2, 0.25) is 0 Å². The van der Waals surface area contributed by atoms with Crippen molar-refractivity contribution >= 4 is 0 Å². The molecular weight excluding hydrogens is 292 g/mol. The van der Waals surface area contributed by atoms with Gasteiger partial charge >= 0.3 is 0 Å². The topological polar surface area (TPSA) is 151 Å². The summed E-state index contributed by atoms with van der Waals surface area (Å²) in [6.45, 7) is 3.27. The zero-order chi connectivity index (χ0) is 16.7. The molecule has 2 aliphatic rings. The van der Waals surface area contributed by atoms with E-state index >= 15 is 0 Å². The van der Waals surface area contributed by atoms with Gasteiger partial charge in [0.05, 0.1) is 24.4 Å². The number of aliphatic hydroxyl groups excluding tert-OH is 2. The number of rotatable bonds is 3. The first-order chi connectivity index (χ1) is 10.1. The largest absolute Gasteiger partial charge is 0.389 e. The molecule has 0 aromatic carbocycles. The maximum Gasteiger partial charge on any atom is 0.167 e. The Morgan fingerprint density at radius 3 is 1.45 bits per heavy atom. The van der Waals surface area contributed by atoms with Gasteiger partial charge in [0.15, 0.2) is 11.6 Å². The van der Waals surface area contributed by atoms with Crippen molar-refractivity contribution in [2.24, 2.45) is 11.5 Å². The fourth-order valence-electron chi connectivity index (χ4n) is 3.31. The molecule has 0 aliphatic carbocycles. The lowest BCUT2D eigenvalue weighted by molar-refractivity contribution is -0.309. The van der Waals surface area contributed by atoms with Gasteiger partial charge in [-0.2, -0.15) is 0 Å². The summed E-state index contributed by atoms with van der Waals surface area (Å²) in [7, 11) is 0. The number of ether oxygens (including phenoxy) is 2. The zero-order valence-electron chi connectivity index (χ0n) is 13.1. The van der Waals surface area contributed by atoms with Gasteiger partial charge in [0, 0.05) is 37.8 Å². The highest BCUT2D eigenvalue weighted by atomic mass is 16.6. The van der Waals surface area contributed by atoms with E-state index in [1.165, 1.54) is 0 Å². The number of hydrogen-bond donors (Lipinski definition) is 6. The molecule has 2 unspecified atom stereocenters. The van der Waals surface area contributed by atoms with E-state index in [1.807, 2.05) is 0 Å². The summed E-state index contributed by atoms with van der Waals surface area (Å²) in [5.74, 6) is -3.05. The molecule has 0 aromatic heterocycles. The smallest absolute Gasteiger partial charge is 0.167 e. The van der Waals surface area contributed by atoms with Gasteiger partial charge in [-0.3, -0.25) is 0 Å². The lowest BCUT2D eigenvalue weighted by Crippen LogP contribution is -2.59. The predicted octanol–water partition coefficient (Wildman–Crippen LogP) is -1.86. The van der Waals surface area contributed by atoms with E-state index in [1.54, 1.807) is 13.8 Å². The third-order valence-electron chi connectivity index (χ3n) is 4.67. The summed E-state index contributed by atoms with van der Waals surface area (Å²) in [6.07, 6.45) is -2.56. The van der Waals surface area contributed by atoms with Crippen molar-refractivity contribution in [2.75, 3.05) is 0 Å². The van der Waals surface area contributed by atoms with E-state index in [4.69, 9.17) is 20.9 Å². The van der Waals surface area contributed by atoms with Crippen LogP contribution in [0.25, 0.3) is 0 Å². The van der Waals surface area contributed by atoms with Crippen LogP contribution in [0, 0.1) is 0 Å². The summed E-state index contributed by atoms with van der Waals surface area (Å²) in [5.41, 5.74) is 11.6. The molecule has 2 rings (SSSR count). The van der Waals surface area contributed by atoms with Gasteiger partial charge in [-0.1, -0.05) is 0 Å². The Kier molecular flexibility index (Phi) is 5.15. The van der Waals surface area contributed by atoms with E-state index in [2.05, 4.69) is 0 Å². The van der Waals surface area contributed by atoms with Gasteiger partial charge in [0.1, 0.15) is 0 Å². The normalized spacial score (nSPS) is 53.5. The summed E-state index contributed by atoms with van der Waals surface area (Å²) in [5, 5.41) is 40.5. The fourth-order valence-corrected chi connectivity index (χ4v) is 3.31. The molecule has 130 valence electrons. The highest BCUT2D eigenvalue weighted by Gasteiger charge is 2.47. The first kappa shape index (κ1) is 18.0. The molecule has 2 saturated heterocycles. The van der Waals surface area contributed by atoms with Gasteiger partial charge < -0.3 is 41.4 Å². The number of nitrogens with two attached hydrogens (primary N) is 2. The Labute approximate surface area is 130 Å². The van der Waals surface area contributed by atoms with E-state index in [9.17, 15) is 20.4 Å². The Balaban J connectivity index is 1.97. The molecule has 0 bridgehead atoms. The lowest BCUT2D eigenvalue weighted by Gasteiger charge is -2.45. The van der Waals surface area contributed by atoms with Crippen molar-refractivity contribution in [1.82, 2.24) is 0 Å². The van der Waals surface area contributed by atoms with Crippen molar-refractivity contribution < 1.29 is 29.9 Å². The molecule has 0 amide bonds. The average Bonchev–Trinajstić information content (AvgIpc) is 2.40. The maximum atomic E-state index is 10.5. The second-order valence-electron chi connectivity index (χ2n) is 6.76. The Bertz CT molecular complexity index is 336. The SMILES string of the molecule is C[C@@H]1OC(O)(CCC2(O)C[C@@H](N)[C@@H](O)[C@H](C)O2)C[C@@H](N)[C@H]1O. The molecule has 2 heterocycles. The quantitative estimate of drug-likeness (QED) is 0.354. The Morgan fingerprint density at radius 2 is 1.18 bits per heavy atom. The summed E-state index contributed by atoms with van der Waals surface area (Å²) in [4.78, 5) is 0. The van der Waals surface area contributed by atoms with E-state index in [0.29, 0.717) is 0 Å². The van der Waals surface area contributed by atoms with E-state index in [0.717, 1.165) is 0 Å². The fraction of sp³-hybridized carbons (Fsp3) is 1.00. The molecule has 2 aliphatic heterocycles. The summed E-state index contributed by atoms with van der Waals surface area (Å²) in [6, 6.07) is -1.20. The van der Waals surface area contributed by atoms with E-state index in [-0.39, 0.29) is 25.7 Å². The van der Waals surface area contributed by atoms with Crippen LogP contribution in [0.4, 0.5) is 0 Å². The predicted molar refractivity (Wildman–Crippen MR) is 77.4 cm³/mol. The van der Waals surface area contributed by atoms with E-state index < -0.39 is 48.1 Å². The average molecular weight is 320 g/mol. The first-order valence-electron chi connectivity index (χ1n) is 7.73. The van der Waals surface area contributed by atoms with Gasteiger partial charge in [-0.15, -0.1) is 0 Å². The van der Waals surface area contributed by atoms with Crippen LogP contribution in [0.1, 0.15) is 39.5 Å². The minimum atomic E-state index is -1.53. The van der Waals surface area contributed by atoms with Crippen LogP contribution in [0.3, 0.4) is 0 Å². The highest BCUT2D eigenvalue weighted by Crippen LogP contribution is 2.36. The number of aliphatic hydroxyl groups is 4. The molecule has 22 heavy (non-hydrogen) atoms. The molecule has 8 nitrogen and oxygen atoms in total. The van der Waals surface area contributed by atoms with Gasteiger partial charge in [-0.05, 0) is 13.8 Å². The van der Waals surface area contributed by atoms with Crippen LogP contribution in [0.15, 0.2) is 0 Å². The Hall–Kier alpha value is -0.320. The van der Waals surface area contributed by atoms with Crippen LogP contribution in [0.2, 0.25) is 0 Å². The molecule has 8 heteroatoms. The van der Waals surface area contributed by atoms with Crippen LogP contribution in [-0.2, 0) is 9.47 Å². The van der Waals surface area contributed by atoms with Crippen molar-refractivity contribution in [1.29, 1.82) is 0 Å². The third kappa shape index (κ3) is 3.77. The minimum Gasteiger partial charge on any atom is -0.389 e. The molecule has 0 aromatic rings. The maximum absolute atomic E-state index is 10.5. The second-order valence-corrected chi connectivity index (χ2v) is 6.76. The molecule has 8 N–H and O–H groups in total. The molecule has 0 radical (unpaired) electrons. The monoisotopic (exact) mass is 320 g/mol. The van der Waals surface area contributed by atoms with Crippen molar-refractivity contribution in [2.45, 2.75) is 87.6 Å². The van der Waals surface area contributed by atoms with Crippen molar-refractivity contribution in [3.63, 3.8) is 0 Å². The lowest BCUT2D eigenvalue weighted by atomic mass is 9.87. The summed E-state index contributed by atoms with van der Waals surface area (Å²) < 4.78 is 10.9. The minimum absolute atomic E-state index is 0.0683. The highest BCUT2D eigenvalue weighted by molar-refractivity contribution is 4.93.